The van der Waals surface area contributed by atoms with Crippen molar-refractivity contribution in [2.45, 2.75) is 39.7 Å². The van der Waals surface area contributed by atoms with E-state index in [1.165, 1.54) is 0 Å². The zero-order valence-electron chi connectivity index (χ0n) is 11.8. The number of aromatic nitrogens is 2. The Balaban J connectivity index is 2.15. The molecule has 5 nitrogen and oxygen atoms in total. The van der Waals surface area contributed by atoms with Crippen LogP contribution in [0.15, 0.2) is 18.2 Å². The summed E-state index contributed by atoms with van der Waals surface area (Å²) < 4.78 is 0. The molecule has 2 aromatic rings. The Labute approximate surface area is 112 Å². The van der Waals surface area contributed by atoms with Gasteiger partial charge in [0.2, 0.25) is 0 Å². The molecule has 3 N–H and O–H groups in total. The molecule has 0 aliphatic carbocycles. The molecule has 102 valence electrons. The van der Waals surface area contributed by atoms with Crippen molar-refractivity contribution in [3.8, 4) is 0 Å². The lowest BCUT2D eigenvalue weighted by Gasteiger charge is -2.20. The van der Waals surface area contributed by atoms with Gasteiger partial charge in [-0.2, -0.15) is 0 Å². The lowest BCUT2D eigenvalue weighted by Crippen LogP contribution is -2.43. The minimum atomic E-state index is -0.252. The molecule has 1 aromatic carbocycles. The van der Waals surface area contributed by atoms with Gasteiger partial charge in [-0.25, -0.2) is 9.78 Å². The first-order valence-electron chi connectivity index (χ1n) is 6.45. The third-order valence-electron chi connectivity index (χ3n) is 2.61. The van der Waals surface area contributed by atoms with Crippen molar-refractivity contribution in [2.75, 3.05) is 5.32 Å². The van der Waals surface area contributed by atoms with E-state index in [0.29, 0.717) is 0 Å². The summed E-state index contributed by atoms with van der Waals surface area (Å²) in [5.74, 6) is 0.950. The van der Waals surface area contributed by atoms with Gasteiger partial charge in [0.1, 0.15) is 5.82 Å². The molecule has 19 heavy (non-hydrogen) atoms. The topological polar surface area (TPSA) is 69.8 Å². The van der Waals surface area contributed by atoms with Crippen LogP contribution in [0.2, 0.25) is 0 Å². The van der Waals surface area contributed by atoms with Crippen molar-refractivity contribution in [3.05, 3.63) is 24.0 Å². The SMILES string of the molecule is CCc1nc2ccc(NC(=O)NC(C)(C)C)cc2[nH]1. The molecule has 1 aromatic heterocycles. The summed E-state index contributed by atoms with van der Waals surface area (Å²) in [7, 11) is 0. The Morgan fingerprint density at radius 1 is 1.37 bits per heavy atom. The molecular weight excluding hydrogens is 240 g/mol. The number of urea groups is 1. The van der Waals surface area contributed by atoms with Gasteiger partial charge < -0.3 is 15.6 Å². The molecule has 0 bridgehead atoms. The van der Waals surface area contributed by atoms with Crippen LogP contribution in [0.4, 0.5) is 10.5 Å². The largest absolute Gasteiger partial charge is 0.342 e. The van der Waals surface area contributed by atoms with Gasteiger partial charge in [-0.15, -0.1) is 0 Å². The van der Waals surface area contributed by atoms with Crippen molar-refractivity contribution < 1.29 is 4.79 Å². The number of anilines is 1. The highest BCUT2D eigenvalue weighted by molar-refractivity contribution is 5.92. The Kier molecular flexibility index (Phi) is 3.46. The highest BCUT2D eigenvalue weighted by Crippen LogP contribution is 2.17. The van der Waals surface area contributed by atoms with Gasteiger partial charge in [0.05, 0.1) is 11.0 Å². The average molecular weight is 260 g/mol. The number of carbonyl (C=O) groups is 1. The number of hydrogen-bond acceptors (Lipinski definition) is 2. The van der Waals surface area contributed by atoms with Crippen LogP contribution in [0.25, 0.3) is 11.0 Å². The Morgan fingerprint density at radius 2 is 2.11 bits per heavy atom. The number of amides is 2. The molecule has 0 aliphatic heterocycles. The Bertz CT molecular complexity index is 595. The molecule has 0 radical (unpaired) electrons. The van der Waals surface area contributed by atoms with Crippen LogP contribution in [-0.2, 0) is 6.42 Å². The summed E-state index contributed by atoms with van der Waals surface area (Å²) in [6.07, 6.45) is 0.863. The second-order valence-electron chi connectivity index (χ2n) is 5.60. The smallest absolute Gasteiger partial charge is 0.319 e. The van der Waals surface area contributed by atoms with Crippen LogP contribution in [0.1, 0.15) is 33.5 Å². The molecule has 0 saturated carbocycles. The lowest BCUT2D eigenvalue weighted by molar-refractivity contribution is 0.244. The summed E-state index contributed by atoms with van der Waals surface area (Å²) in [6.45, 7) is 7.88. The third-order valence-corrected chi connectivity index (χ3v) is 2.61. The lowest BCUT2D eigenvalue weighted by atomic mass is 10.1. The highest BCUT2D eigenvalue weighted by atomic mass is 16.2. The predicted molar refractivity (Wildman–Crippen MR) is 77.4 cm³/mol. The van der Waals surface area contributed by atoms with E-state index in [-0.39, 0.29) is 11.6 Å². The first kappa shape index (κ1) is 13.4. The number of rotatable bonds is 2. The number of H-pyrrole nitrogens is 1. The summed E-state index contributed by atoms with van der Waals surface area (Å²) in [4.78, 5) is 19.4. The van der Waals surface area contributed by atoms with E-state index in [1.807, 2.05) is 45.9 Å². The number of aromatic amines is 1. The van der Waals surface area contributed by atoms with Crippen LogP contribution < -0.4 is 10.6 Å². The number of hydrogen-bond donors (Lipinski definition) is 3. The van der Waals surface area contributed by atoms with E-state index in [4.69, 9.17) is 0 Å². The maximum atomic E-state index is 11.8. The minimum absolute atomic E-state index is 0.206. The van der Waals surface area contributed by atoms with Crippen LogP contribution in [0.5, 0.6) is 0 Å². The average Bonchev–Trinajstić information content (AvgIpc) is 2.68. The van der Waals surface area contributed by atoms with Gasteiger partial charge in [0.15, 0.2) is 0 Å². The number of carbonyl (C=O) groups excluding carboxylic acids is 1. The first-order valence-corrected chi connectivity index (χ1v) is 6.45. The van der Waals surface area contributed by atoms with E-state index in [2.05, 4.69) is 20.6 Å². The standard InChI is InChI=1S/C14H20N4O/c1-5-12-16-10-7-6-9(8-11(10)17-12)15-13(19)18-14(2,3)4/h6-8H,5H2,1-4H3,(H,16,17)(H2,15,18,19). The second kappa shape index (κ2) is 4.91. The molecule has 1 heterocycles. The summed E-state index contributed by atoms with van der Waals surface area (Å²) in [5, 5.41) is 5.68. The highest BCUT2D eigenvalue weighted by Gasteiger charge is 2.13. The number of nitrogens with one attached hydrogen (secondary N) is 3. The van der Waals surface area contributed by atoms with Gasteiger partial charge in [-0.3, -0.25) is 0 Å². The van der Waals surface area contributed by atoms with Crippen LogP contribution in [0, 0.1) is 0 Å². The molecule has 0 aliphatic rings. The molecule has 0 fully saturated rings. The van der Waals surface area contributed by atoms with Crippen molar-refractivity contribution in [1.82, 2.24) is 15.3 Å². The van der Waals surface area contributed by atoms with Crippen molar-refractivity contribution >= 4 is 22.8 Å². The zero-order chi connectivity index (χ0) is 14.0. The third kappa shape index (κ3) is 3.47. The molecular formula is C14H20N4O. The van der Waals surface area contributed by atoms with Gasteiger partial charge in [0.25, 0.3) is 0 Å². The van der Waals surface area contributed by atoms with Crippen molar-refractivity contribution in [1.29, 1.82) is 0 Å². The molecule has 0 spiro atoms. The first-order chi connectivity index (χ1) is 8.87. The fourth-order valence-corrected chi connectivity index (χ4v) is 1.81. The monoisotopic (exact) mass is 260 g/mol. The van der Waals surface area contributed by atoms with E-state index >= 15 is 0 Å². The number of aryl methyl sites for hydroxylation is 1. The normalized spacial score (nSPS) is 11.6. The van der Waals surface area contributed by atoms with Gasteiger partial charge >= 0.3 is 6.03 Å². The zero-order valence-corrected chi connectivity index (χ0v) is 11.8. The molecule has 2 amide bonds. The van der Waals surface area contributed by atoms with E-state index in [9.17, 15) is 4.79 Å². The maximum Gasteiger partial charge on any atom is 0.319 e. The van der Waals surface area contributed by atoms with Crippen molar-refractivity contribution in [2.24, 2.45) is 0 Å². The fourth-order valence-electron chi connectivity index (χ4n) is 1.81. The molecule has 0 saturated heterocycles. The van der Waals surface area contributed by atoms with Gasteiger partial charge in [-0.05, 0) is 39.0 Å². The Hall–Kier alpha value is -2.04. The Morgan fingerprint density at radius 3 is 2.74 bits per heavy atom. The number of imidazole rings is 1. The number of benzene rings is 1. The van der Waals surface area contributed by atoms with Gasteiger partial charge in [0, 0.05) is 17.6 Å². The molecule has 0 atom stereocenters. The van der Waals surface area contributed by atoms with Crippen LogP contribution in [0.3, 0.4) is 0 Å². The quantitative estimate of drug-likeness (QED) is 0.776. The molecule has 5 heteroatoms. The molecule has 0 unspecified atom stereocenters. The van der Waals surface area contributed by atoms with Crippen molar-refractivity contribution in [3.63, 3.8) is 0 Å². The van der Waals surface area contributed by atoms with Crippen LogP contribution >= 0.6 is 0 Å². The molecule has 2 rings (SSSR count). The summed E-state index contributed by atoms with van der Waals surface area (Å²) >= 11 is 0. The van der Waals surface area contributed by atoms with E-state index in [0.717, 1.165) is 29.0 Å². The summed E-state index contributed by atoms with van der Waals surface area (Å²) in [5.41, 5.74) is 2.35. The number of nitrogens with zero attached hydrogens (tertiary/aromatic N) is 1. The van der Waals surface area contributed by atoms with Crippen LogP contribution in [-0.4, -0.2) is 21.5 Å². The van der Waals surface area contributed by atoms with E-state index < -0.39 is 0 Å². The predicted octanol–water partition coefficient (Wildman–Crippen LogP) is 3.05. The fraction of sp³-hybridized carbons (Fsp3) is 0.429. The summed E-state index contributed by atoms with van der Waals surface area (Å²) in [6, 6.07) is 5.44. The maximum absolute atomic E-state index is 11.8. The second-order valence-corrected chi connectivity index (χ2v) is 5.60. The van der Waals surface area contributed by atoms with Gasteiger partial charge in [-0.1, -0.05) is 6.92 Å². The van der Waals surface area contributed by atoms with E-state index in [1.54, 1.807) is 0 Å². The number of fused-ring (bicyclic) bond motifs is 1. The minimum Gasteiger partial charge on any atom is -0.342 e.